The number of thiophene rings is 1. The zero-order valence-electron chi connectivity index (χ0n) is 20.5. The molecule has 0 saturated carbocycles. The lowest BCUT2D eigenvalue weighted by atomic mass is 9.94. The molecule has 1 N–H and O–H groups in total. The maximum absolute atomic E-state index is 13.4. The summed E-state index contributed by atoms with van der Waals surface area (Å²) in [5.74, 6) is 2.56. The normalized spacial score (nSPS) is 15.4. The van der Waals surface area contributed by atoms with Crippen LogP contribution < -0.4 is 15.0 Å². The van der Waals surface area contributed by atoms with E-state index in [1.807, 2.05) is 42.1 Å². The Morgan fingerprint density at radius 3 is 2.54 bits per heavy atom. The van der Waals surface area contributed by atoms with Gasteiger partial charge in [0.1, 0.15) is 34.6 Å². The molecule has 1 aromatic carbocycles. The van der Waals surface area contributed by atoms with Crippen molar-refractivity contribution in [3.63, 3.8) is 0 Å². The van der Waals surface area contributed by atoms with Gasteiger partial charge in [-0.05, 0) is 49.9 Å². The van der Waals surface area contributed by atoms with E-state index >= 15 is 0 Å². The van der Waals surface area contributed by atoms with Gasteiger partial charge in [-0.25, -0.2) is 15.0 Å². The van der Waals surface area contributed by atoms with Crippen molar-refractivity contribution in [2.45, 2.75) is 32.7 Å². The summed E-state index contributed by atoms with van der Waals surface area (Å²) in [6.45, 7) is 5.84. The number of aromatic nitrogens is 4. The van der Waals surface area contributed by atoms with E-state index in [4.69, 9.17) is 4.74 Å². The van der Waals surface area contributed by atoms with Gasteiger partial charge in [0.05, 0.1) is 12.5 Å². The number of nitrogens with one attached hydrogen (secondary N) is 1. The van der Waals surface area contributed by atoms with Crippen LogP contribution in [-0.2, 0) is 11.8 Å². The molecular formula is C26H30N6O2S. The van der Waals surface area contributed by atoms with Crippen LogP contribution in [0.25, 0.3) is 10.2 Å². The van der Waals surface area contributed by atoms with Crippen molar-refractivity contribution >= 4 is 33.3 Å². The minimum Gasteiger partial charge on any atom is -0.497 e. The highest BCUT2D eigenvalue weighted by atomic mass is 32.1. The summed E-state index contributed by atoms with van der Waals surface area (Å²) in [5, 5.41) is 4.42. The minimum absolute atomic E-state index is 0.0591. The lowest BCUT2D eigenvalue weighted by Gasteiger charge is -2.33. The molecular weight excluding hydrogens is 460 g/mol. The van der Waals surface area contributed by atoms with Gasteiger partial charge in [0, 0.05) is 43.3 Å². The number of fused-ring (bicyclic) bond motifs is 1. The molecule has 1 atom stereocenters. The third-order valence-electron chi connectivity index (χ3n) is 6.96. The topological polar surface area (TPSA) is 85.2 Å². The highest BCUT2D eigenvalue weighted by Crippen LogP contribution is 2.36. The fourth-order valence-electron chi connectivity index (χ4n) is 4.77. The van der Waals surface area contributed by atoms with E-state index in [0.29, 0.717) is 0 Å². The summed E-state index contributed by atoms with van der Waals surface area (Å²) < 4.78 is 7.25. The van der Waals surface area contributed by atoms with Gasteiger partial charge in [0.25, 0.3) is 0 Å². The average molecular weight is 491 g/mol. The SMILES string of the molecule is COc1ccc(C(NC(=O)C2CCN(c3ncnc4sc(C)c(C)c34)CC2)c2nccn2C)cc1. The van der Waals surface area contributed by atoms with Crippen LogP contribution in [0, 0.1) is 19.8 Å². The second kappa shape index (κ2) is 9.65. The molecule has 4 heterocycles. The molecule has 5 rings (SSSR count). The molecule has 0 spiro atoms. The van der Waals surface area contributed by atoms with Gasteiger partial charge >= 0.3 is 0 Å². The van der Waals surface area contributed by atoms with Crippen molar-refractivity contribution < 1.29 is 9.53 Å². The number of piperidine rings is 1. The first-order valence-corrected chi connectivity index (χ1v) is 12.6. The van der Waals surface area contributed by atoms with Crippen LogP contribution >= 0.6 is 11.3 Å². The Hall–Kier alpha value is -3.46. The summed E-state index contributed by atoms with van der Waals surface area (Å²) in [5.41, 5.74) is 2.22. The molecule has 3 aromatic heterocycles. The Morgan fingerprint density at radius 2 is 1.89 bits per heavy atom. The number of methoxy groups -OCH3 is 1. The largest absolute Gasteiger partial charge is 0.497 e. The van der Waals surface area contributed by atoms with Crippen LogP contribution in [0.1, 0.15) is 40.7 Å². The predicted molar refractivity (Wildman–Crippen MR) is 138 cm³/mol. The van der Waals surface area contributed by atoms with E-state index in [2.05, 4.69) is 39.0 Å². The standard InChI is InChI=1S/C26H30N6O2S/c1-16-17(2)35-26-21(16)23(28-15-29-26)32-12-9-19(10-13-32)25(33)30-22(24-27-11-14-31(24)3)18-5-7-20(34-4)8-6-18/h5-8,11,14-15,19,22H,9-10,12-13H2,1-4H3,(H,30,33). The number of carbonyl (C=O) groups excluding carboxylic acids is 1. The summed E-state index contributed by atoms with van der Waals surface area (Å²) in [7, 11) is 3.59. The molecule has 182 valence electrons. The second-order valence-electron chi connectivity index (χ2n) is 9.03. The van der Waals surface area contributed by atoms with Crippen molar-refractivity contribution in [1.29, 1.82) is 0 Å². The first-order valence-electron chi connectivity index (χ1n) is 11.8. The van der Waals surface area contributed by atoms with Crippen LogP contribution in [0.15, 0.2) is 43.0 Å². The fraction of sp³-hybridized carbons (Fsp3) is 0.385. The number of imidazole rings is 1. The Kier molecular flexibility index (Phi) is 6.42. The van der Waals surface area contributed by atoms with Crippen molar-refractivity contribution in [2.75, 3.05) is 25.1 Å². The van der Waals surface area contributed by atoms with Crippen molar-refractivity contribution in [3.8, 4) is 5.75 Å². The number of hydrogen-bond acceptors (Lipinski definition) is 7. The van der Waals surface area contributed by atoms with E-state index in [9.17, 15) is 4.79 Å². The number of amides is 1. The number of rotatable bonds is 6. The summed E-state index contributed by atoms with van der Waals surface area (Å²) in [6.07, 6.45) is 6.85. The van der Waals surface area contributed by atoms with Crippen molar-refractivity contribution in [1.82, 2.24) is 24.8 Å². The molecule has 0 aliphatic carbocycles. The van der Waals surface area contributed by atoms with Gasteiger partial charge in [-0.3, -0.25) is 4.79 Å². The molecule has 1 fully saturated rings. The van der Waals surface area contributed by atoms with Crippen molar-refractivity contribution in [3.05, 3.63) is 64.8 Å². The van der Waals surface area contributed by atoms with Crippen LogP contribution in [-0.4, -0.2) is 45.6 Å². The molecule has 0 bridgehead atoms. The number of ether oxygens (including phenoxy) is 1. The van der Waals surface area contributed by atoms with Crippen molar-refractivity contribution in [2.24, 2.45) is 13.0 Å². The highest BCUT2D eigenvalue weighted by Gasteiger charge is 2.30. The molecule has 1 unspecified atom stereocenters. The molecule has 0 radical (unpaired) electrons. The Bertz CT molecular complexity index is 1340. The zero-order chi connectivity index (χ0) is 24.5. The van der Waals surface area contributed by atoms with Gasteiger partial charge in [-0.1, -0.05) is 12.1 Å². The molecule has 1 aliphatic heterocycles. The maximum Gasteiger partial charge on any atom is 0.224 e. The quantitative estimate of drug-likeness (QED) is 0.437. The van der Waals surface area contributed by atoms with E-state index in [1.54, 1.807) is 31.0 Å². The van der Waals surface area contributed by atoms with Crippen LogP contribution in [0.5, 0.6) is 5.75 Å². The summed E-state index contributed by atoms with van der Waals surface area (Å²) in [6, 6.07) is 7.45. The van der Waals surface area contributed by atoms with Crippen LogP contribution in [0.4, 0.5) is 5.82 Å². The minimum atomic E-state index is -0.329. The van der Waals surface area contributed by atoms with Crippen LogP contribution in [0.2, 0.25) is 0 Å². The second-order valence-corrected chi connectivity index (χ2v) is 10.2. The third kappa shape index (κ3) is 4.48. The molecule has 35 heavy (non-hydrogen) atoms. The monoisotopic (exact) mass is 490 g/mol. The van der Waals surface area contributed by atoms with E-state index in [0.717, 1.165) is 59.1 Å². The van der Waals surface area contributed by atoms with E-state index in [1.165, 1.54) is 10.4 Å². The van der Waals surface area contributed by atoms with E-state index < -0.39 is 0 Å². The van der Waals surface area contributed by atoms with Crippen LogP contribution in [0.3, 0.4) is 0 Å². The first-order chi connectivity index (χ1) is 17.0. The number of nitrogens with zero attached hydrogens (tertiary/aromatic N) is 5. The molecule has 9 heteroatoms. The number of benzene rings is 1. The molecule has 4 aromatic rings. The Labute approximate surface area is 209 Å². The van der Waals surface area contributed by atoms with Gasteiger partial charge in [0.2, 0.25) is 5.91 Å². The number of carbonyl (C=O) groups is 1. The average Bonchev–Trinajstić information content (AvgIpc) is 3.44. The predicted octanol–water partition coefficient (Wildman–Crippen LogP) is 4.17. The summed E-state index contributed by atoms with van der Waals surface area (Å²) >= 11 is 1.71. The Morgan fingerprint density at radius 1 is 1.14 bits per heavy atom. The number of anilines is 1. The highest BCUT2D eigenvalue weighted by molar-refractivity contribution is 7.18. The maximum atomic E-state index is 13.4. The molecule has 1 amide bonds. The zero-order valence-corrected chi connectivity index (χ0v) is 21.3. The van der Waals surface area contributed by atoms with Gasteiger partial charge in [0.15, 0.2) is 0 Å². The third-order valence-corrected chi connectivity index (χ3v) is 8.08. The molecule has 8 nitrogen and oxygen atoms in total. The lowest BCUT2D eigenvalue weighted by Crippen LogP contribution is -2.42. The van der Waals surface area contributed by atoms with E-state index in [-0.39, 0.29) is 17.9 Å². The Balaban J connectivity index is 1.31. The van der Waals surface area contributed by atoms with Gasteiger partial charge in [-0.2, -0.15) is 0 Å². The van der Waals surface area contributed by atoms with Gasteiger partial charge in [-0.15, -0.1) is 11.3 Å². The fourth-order valence-corrected chi connectivity index (χ4v) is 5.76. The number of aryl methyl sites for hydroxylation is 3. The smallest absolute Gasteiger partial charge is 0.224 e. The summed E-state index contributed by atoms with van der Waals surface area (Å²) in [4.78, 5) is 31.6. The molecule has 1 saturated heterocycles. The first kappa shape index (κ1) is 23.3. The molecule has 1 aliphatic rings. The lowest BCUT2D eigenvalue weighted by molar-refractivity contribution is -0.126. The van der Waals surface area contributed by atoms with Gasteiger partial charge < -0.3 is 19.5 Å². The number of hydrogen-bond donors (Lipinski definition) is 1.